The molecule has 0 saturated carbocycles. The first kappa shape index (κ1) is 17.0. The molecule has 0 radical (unpaired) electrons. The first-order chi connectivity index (χ1) is 11.1. The fraction of sp³-hybridized carbons (Fsp3) is 0.278. The van der Waals surface area contributed by atoms with Crippen LogP contribution < -0.4 is 15.8 Å². The maximum atomic E-state index is 13.6. The van der Waals surface area contributed by atoms with Gasteiger partial charge in [0.1, 0.15) is 0 Å². The number of nitrogens with one attached hydrogen (secondary N) is 1. The number of halogens is 1. The second-order valence-electron chi connectivity index (χ2n) is 5.31. The molecule has 0 bridgehead atoms. The third-order valence-corrected chi connectivity index (χ3v) is 3.56. The molecule has 1 atom stereocenters. The molecular weight excluding hydrogens is 295 g/mol. The number of ether oxygens (including phenoxy) is 1. The quantitative estimate of drug-likeness (QED) is 0.822. The molecule has 0 unspecified atom stereocenters. The van der Waals surface area contributed by atoms with Gasteiger partial charge in [0, 0.05) is 6.54 Å². The van der Waals surface area contributed by atoms with Crippen molar-refractivity contribution in [1.82, 2.24) is 5.32 Å². The van der Waals surface area contributed by atoms with E-state index in [2.05, 4.69) is 5.32 Å². The monoisotopic (exact) mass is 316 g/mol. The van der Waals surface area contributed by atoms with Gasteiger partial charge in [-0.3, -0.25) is 4.79 Å². The number of nitrogens with two attached hydrogens (primary N) is 1. The van der Waals surface area contributed by atoms with Crippen LogP contribution in [0.1, 0.15) is 11.1 Å². The molecule has 4 nitrogen and oxygen atoms in total. The van der Waals surface area contributed by atoms with Gasteiger partial charge in [0.05, 0.1) is 13.2 Å². The Morgan fingerprint density at radius 3 is 2.61 bits per heavy atom. The van der Waals surface area contributed by atoms with E-state index in [1.165, 1.54) is 13.2 Å². The highest BCUT2D eigenvalue weighted by atomic mass is 19.1. The van der Waals surface area contributed by atoms with Crippen LogP contribution in [0, 0.1) is 5.82 Å². The zero-order chi connectivity index (χ0) is 16.7. The summed E-state index contributed by atoms with van der Waals surface area (Å²) in [7, 11) is 1.42. The predicted molar refractivity (Wildman–Crippen MR) is 87.8 cm³/mol. The Labute approximate surface area is 135 Å². The third-order valence-electron chi connectivity index (χ3n) is 3.56. The van der Waals surface area contributed by atoms with Gasteiger partial charge in [-0.2, -0.15) is 0 Å². The number of carbonyl (C=O) groups is 1. The van der Waals surface area contributed by atoms with E-state index in [4.69, 9.17) is 10.5 Å². The summed E-state index contributed by atoms with van der Waals surface area (Å²) >= 11 is 0. The van der Waals surface area contributed by atoms with E-state index in [0.29, 0.717) is 19.4 Å². The molecule has 1 amide bonds. The zero-order valence-corrected chi connectivity index (χ0v) is 13.1. The molecule has 0 fully saturated rings. The van der Waals surface area contributed by atoms with Crippen LogP contribution in [0.4, 0.5) is 4.39 Å². The van der Waals surface area contributed by atoms with Crippen molar-refractivity contribution in [2.24, 2.45) is 5.73 Å². The van der Waals surface area contributed by atoms with Gasteiger partial charge < -0.3 is 15.8 Å². The summed E-state index contributed by atoms with van der Waals surface area (Å²) in [5, 5.41) is 2.78. The van der Waals surface area contributed by atoms with Crippen LogP contribution in [0.15, 0.2) is 48.5 Å². The van der Waals surface area contributed by atoms with E-state index < -0.39 is 11.9 Å². The molecule has 122 valence electrons. The van der Waals surface area contributed by atoms with Crippen molar-refractivity contribution in [3.05, 3.63) is 65.5 Å². The summed E-state index contributed by atoms with van der Waals surface area (Å²) in [6, 6.07) is 13.8. The summed E-state index contributed by atoms with van der Waals surface area (Å²) in [5.41, 5.74) is 7.71. The maximum absolute atomic E-state index is 13.6. The van der Waals surface area contributed by atoms with Gasteiger partial charge in [-0.1, -0.05) is 36.4 Å². The molecule has 0 aliphatic carbocycles. The summed E-state index contributed by atoms with van der Waals surface area (Å²) in [6.07, 6.45) is 1.02. The van der Waals surface area contributed by atoms with Gasteiger partial charge in [0.15, 0.2) is 11.6 Å². The van der Waals surface area contributed by atoms with Crippen molar-refractivity contribution >= 4 is 5.91 Å². The van der Waals surface area contributed by atoms with E-state index in [0.717, 1.165) is 11.1 Å². The lowest BCUT2D eigenvalue weighted by Crippen LogP contribution is -2.42. The molecule has 0 spiro atoms. The number of methoxy groups -OCH3 is 1. The lowest BCUT2D eigenvalue weighted by atomic mass is 10.1. The first-order valence-corrected chi connectivity index (χ1v) is 7.50. The topological polar surface area (TPSA) is 64.3 Å². The van der Waals surface area contributed by atoms with Gasteiger partial charge in [0.25, 0.3) is 0 Å². The lowest BCUT2D eigenvalue weighted by molar-refractivity contribution is -0.122. The predicted octanol–water partition coefficient (Wildman–Crippen LogP) is 2.06. The number of carbonyl (C=O) groups excluding carboxylic acids is 1. The van der Waals surface area contributed by atoms with Crippen LogP contribution in [0.2, 0.25) is 0 Å². The van der Waals surface area contributed by atoms with Crippen molar-refractivity contribution in [1.29, 1.82) is 0 Å². The van der Waals surface area contributed by atoms with Crippen molar-refractivity contribution in [2.75, 3.05) is 13.7 Å². The number of benzene rings is 2. The molecule has 3 N–H and O–H groups in total. The lowest BCUT2D eigenvalue weighted by Gasteiger charge is -2.12. The largest absolute Gasteiger partial charge is 0.494 e. The Balaban J connectivity index is 1.79. The number of amides is 1. The molecule has 0 aromatic heterocycles. The summed E-state index contributed by atoms with van der Waals surface area (Å²) in [5.74, 6) is -0.400. The van der Waals surface area contributed by atoms with Crippen LogP contribution in [-0.2, 0) is 17.6 Å². The van der Waals surface area contributed by atoms with Gasteiger partial charge in [-0.25, -0.2) is 4.39 Å². The second-order valence-corrected chi connectivity index (χ2v) is 5.31. The molecule has 2 aromatic rings. The Bertz CT molecular complexity index is 647. The minimum absolute atomic E-state index is 0.206. The Hall–Kier alpha value is -2.40. The number of hydrogen-bond acceptors (Lipinski definition) is 3. The minimum atomic E-state index is -0.593. The highest BCUT2D eigenvalue weighted by Gasteiger charge is 2.13. The standard InChI is InChI=1S/C18H21FN2O2/c1-23-17-8-7-14(11-15(17)19)9-10-21-18(22)16(20)12-13-5-3-2-4-6-13/h2-8,11,16H,9-10,12,20H2,1H3,(H,21,22)/t16-/m0/s1. The van der Waals surface area contributed by atoms with E-state index in [1.54, 1.807) is 12.1 Å². The van der Waals surface area contributed by atoms with Crippen LogP contribution in [0.3, 0.4) is 0 Å². The molecule has 0 saturated heterocycles. The molecule has 0 aliphatic heterocycles. The van der Waals surface area contributed by atoms with Crippen molar-refractivity contribution < 1.29 is 13.9 Å². The highest BCUT2D eigenvalue weighted by Crippen LogP contribution is 2.17. The summed E-state index contributed by atoms with van der Waals surface area (Å²) in [6.45, 7) is 0.410. The molecule has 5 heteroatoms. The molecule has 2 rings (SSSR count). The average Bonchev–Trinajstić information content (AvgIpc) is 2.56. The Morgan fingerprint density at radius 1 is 1.22 bits per heavy atom. The summed E-state index contributed by atoms with van der Waals surface area (Å²) < 4.78 is 18.4. The van der Waals surface area contributed by atoms with Crippen molar-refractivity contribution in [3.8, 4) is 5.75 Å². The Kier molecular flexibility index (Phi) is 6.11. The molecule has 0 heterocycles. The van der Waals surface area contributed by atoms with E-state index in [-0.39, 0.29) is 11.7 Å². The smallest absolute Gasteiger partial charge is 0.237 e. The number of rotatable bonds is 7. The van der Waals surface area contributed by atoms with E-state index >= 15 is 0 Å². The fourth-order valence-electron chi connectivity index (χ4n) is 2.29. The molecule has 23 heavy (non-hydrogen) atoms. The van der Waals surface area contributed by atoms with Gasteiger partial charge >= 0.3 is 0 Å². The van der Waals surface area contributed by atoms with Gasteiger partial charge in [0.2, 0.25) is 5.91 Å². The van der Waals surface area contributed by atoms with Crippen LogP contribution in [0.5, 0.6) is 5.75 Å². The van der Waals surface area contributed by atoms with Crippen LogP contribution >= 0.6 is 0 Å². The van der Waals surface area contributed by atoms with Crippen molar-refractivity contribution in [3.63, 3.8) is 0 Å². The normalized spacial score (nSPS) is 11.8. The second kappa shape index (κ2) is 8.29. The van der Waals surface area contributed by atoms with Crippen LogP contribution in [-0.4, -0.2) is 25.6 Å². The molecular formula is C18H21FN2O2. The Morgan fingerprint density at radius 2 is 1.96 bits per heavy atom. The SMILES string of the molecule is COc1ccc(CCNC(=O)[C@@H](N)Cc2ccccc2)cc1F. The molecule has 2 aromatic carbocycles. The third kappa shape index (κ3) is 5.07. The van der Waals surface area contributed by atoms with Gasteiger partial charge in [-0.15, -0.1) is 0 Å². The van der Waals surface area contributed by atoms with Gasteiger partial charge in [-0.05, 0) is 36.1 Å². The average molecular weight is 316 g/mol. The highest BCUT2D eigenvalue weighted by molar-refractivity contribution is 5.81. The number of hydrogen-bond donors (Lipinski definition) is 2. The van der Waals surface area contributed by atoms with E-state index in [1.807, 2.05) is 30.3 Å². The van der Waals surface area contributed by atoms with Crippen LogP contribution in [0.25, 0.3) is 0 Å². The summed E-state index contributed by atoms with van der Waals surface area (Å²) in [4.78, 5) is 12.0. The fourth-order valence-corrected chi connectivity index (χ4v) is 2.29. The molecule has 0 aliphatic rings. The zero-order valence-electron chi connectivity index (χ0n) is 13.1. The van der Waals surface area contributed by atoms with Crippen molar-refractivity contribution in [2.45, 2.75) is 18.9 Å². The minimum Gasteiger partial charge on any atom is -0.494 e. The maximum Gasteiger partial charge on any atom is 0.237 e. The first-order valence-electron chi connectivity index (χ1n) is 7.50. The van der Waals surface area contributed by atoms with E-state index in [9.17, 15) is 9.18 Å².